The van der Waals surface area contributed by atoms with Crippen molar-refractivity contribution >= 4 is 18.0 Å². The lowest BCUT2D eigenvalue weighted by atomic mass is 10.2. The number of benzene rings is 1. The molecule has 0 aromatic heterocycles. The first kappa shape index (κ1) is 11.4. The van der Waals surface area contributed by atoms with Gasteiger partial charge in [-0.15, -0.1) is 0 Å². The number of nitrogens with zero attached hydrogens (tertiary/aromatic N) is 2. The van der Waals surface area contributed by atoms with Crippen LogP contribution in [-0.4, -0.2) is 42.0 Å². The quantitative estimate of drug-likeness (QED) is 0.800. The summed E-state index contributed by atoms with van der Waals surface area (Å²) in [5.74, 6) is 0.169. The van der Waals surface area contributed by atoms with E-state index in [0.29, 0.717) is 13.1 Å². The molecule has 1 aliphatic heterocycles. The van der Waals surface area contributed by atoms with Gasteiger partial charge in [0.05, 0.1) is 6.54 Å². The van der Waals surface area contributed by atoms with Crippen molar-refractivity contribution in [3.8, 4) is 5.75 Å². The third-order valence-electron chi connectivity index (χ3n) is 2.77. The summed E-state index contributed by atoms with van der Waals surface area (Å²) in [5.41, 5.74) is 0.739. The minimum absolute atomic E-state index is 0.132. The Morgan fingerprint density at radius 1 is 1.24 bits per heavy atom. The third kappa shape index (κ3) is 2.38. The Balaban J connectivity index is 2.17. The monoisotopic (exact) mass is 234 g/mol. The van der Waals surface area contributed by atoms with Gasteiger partial charge in [0, 0.05) is 18.8 Å². The molecule has 1 N–H and O–H groups in total. The number of hydrogen-bond donors (Lipinski definition) is 1. The second-order valence-corrected chi connectivity index (χ2v) is 3.92. The van der Waals surface area contributed by atoms with Crippen LogP contribution in [0.2, 0.25) is 0 Å². The molecule has 0 aliphatic carbocycles. The Labute approximate surface area is 99.3 Å². The molecule has 1 fully saturated rings. The number of amides is 2. The molecule has 2 amide bonds. The van der Waals surface area contributed by atoms with E-state index in [4.69, 9.17) is 0 Å². The van der Waals surface area contributed by atoms with Gasteiger partial charge in [-0.2, -0.15) is 0 Å². The smallest absolute Gasteiger partial charge is 0.324 e. The van der Waals surface area contributed by atoms with Gasteiger partial charge in [0.2, 0.25) is 0 Å². The number of carbonyl (C=O) groups is 2. The molecule has 5 heteroatoms. The summed E-state index contributed by atoms with van der Waals surface area (Å²) in [6.07, 6.45) is 1.57. The zero-order chi connectivity index (χ0) is 12.3. The Kier molecular flexibility index (Phi) is 3.27. The normalized spacial score (nSPS) is 16.1. The highest BCUT2D eigenvalue weighted by molar-refractivity contribution is 5.93. The average Bonchev–Trinajstić information content (AvgIpc) is 2.34. The standard InChI is InChI=1S/C12H14N2O3/c15-9-8-13-6-1-7-14(12(13)17)10-2-4-11(16)5-3-10/h2-5,9,16H,1,6-8H2. The van der Waals surface area contributed by atoms with Gasteiger partial charge < -0.3 is 14.8 Å². The molecule has 0 saturated carbocycles. The molecule has 0 bridgehead atoms. The van der Waals surface area contributed by atoms with Crippen LogP contribution in [0.15, 0.2) is 24.3 Å². The highest BCUT2D eigenvalue weighted by atomic mass is 16.3. The molecular formula is C12H14N2O3. The second-order valence-electron chi connectivity index (χ2n) is 3.92. The first-order chi connectivity index (χ1) is 8.22. The average molecular weight is 234 g/mol. The zero-order valence-electron chi connectivity index (χ0n) is 9.37. The molecule has 0 spiro atoms. The van der Waals surface area contributed by atoms with Gasteiger partial charge in [-0.05, 0) is 30.7 Å². The summed E-state index contributed by atoms with van der Waals surface area (Å²) < 4.78 is 0. The van der Waals surface area contributed by atoms with Crippen LogP contribution < -0.4 is 4.90 Å². The van der Waals surface area contributed by atoms with Gasteiger partial charge in [-0.1, -0.05) is 0 Å². The molecule has 17 heavy (non-hydrogen) atoms. The van der Waals surface area contributed by atoms with E-state index in [2.05, 4.69) is 0 Å². The molecule has 1 aliphatic rings. The number of rotatable bonds is 3. The molecule has 0 unspecified atom stereocenters. The number of phenols is 1. The molecule has 1 heterocycles. The van der Waals surface area contributed by atoms with Crippen LogP contribution in [0.3, 0.4) is 0 Å². The van der Waals surface area contributed by atoms with Gasteiger partial charge in [-0.25, -0.2) is 4.79 Å². The second kappa shape index (κ2) is 4.86. The van der Waals surface area contributed by atoms with Crippen molar-refractivity contribution in [2.75, 3.05) is 24.5 Å². The summed E-state index contributed by atoms with van der Waals surface area (Å²) in [7, 11) is 0. The summed E-state index contributed by atoms with van der Waals surface area (Å²) in [5, 5.41) is 9.20. The molecule has 90 valence electrons. The maximum Gasteiger partial charge on any atom is 0.324 e. The maximum absolute atomic E-state index is 12.0. The Morgan fingerprint density at radius 3 is 2.59 bits per heavy atom. The minimum Gasteiger partial charge on any atom is -0.508 e. The first-order valence-corrected chi connectivity index (χ1v) is 5.51. The fourth-order valence-electron chi connectivity index (χ4n) is 1.91. The van der Waals surface area contributed by atoms with Crippen LogP contribution in [0.5, 0.6) is 5.75 Å². The minimum atomic E-state index is -0.158. The molecule has 2 rings (SSSR count). The van der Waals surface area contributed by atoms with E-state index in [1.807, 2.05) is 0 Å². The van der Waals surface area contributed by atoms with E-state index in [1.54, 1.807) is 29.2 Å². The van der Waals surface area contributed by atoms with Crippen molar-refractivity contribution in [1.82, 2.24) is 4.90 Å². The van der Waals surface area contributed by atoms with Crippen LogP contribution in [0, 0.1) is 0 Å². The fourth-order valence-corrected chi connectivity index (χ4v) is 1.91. The summed E-state index contributed by atoms with van der Waals surface area (Å²) in [4.78, 5) is 25.6. The van der Waals surface area contributed by atoms with Crippen molar-refractivity contribution in [1.29, 1.82) is 0 Å². The number of anilines is 1. The number of aromatic hydroxyl groups is 1. The van der Waals surface area contributed by atoms with E-state index in [0.717, 1.165) is 18.4 Å². The predicted molar refractivity (Wildman–Crippen MR) is 63.1 cm³/mol. The van der Waals surface area contributed by atoms with E-state index in [1.165, 1.54) is 4.90 Å². The molecular weight excluding hydrogens is 220 g/mol. The molecule has 1 aromatic rings. The van der Waals surface area contributed by atoms with E-state index in [-0.39, 0.29) is 18.3 Å². The van der Waals surface area contributed by atoms with Gasteiger partial charge in [-0.3, -0.25) is 4.90 Å². The van der Waals surface area contributed by atoms with E-state index < -0.39 is 0 Å². The Bertz CT molecular complexity index is 416. The highest BCUT2D eigenvalue weighted by Gasteiger charge is 2.26. The highest BCUT2D eigenvalue weighted by Crippen LogP contribution is 2.22. The summed E-state index contributed by atoms with van der Waals surface area (Å²) in [6, 6.07) is 6.31. The van der Waals surface area contributed by atoms with Crippen LogP contribution >= 0.6 is 0 Å². The van der Waals surface area contributed by atoms with Crippen molar-refractivity contribution in [2.24, 2.45) is 0 Å². The van der Waals surface area contributed by atoms with Crippen LogP contribution in [0.4, 0.5) is 10.5 Å². The predicted octanol–water partition coefficient (Wildman–Crippen LogP) is 1.22. The molecule has 0 radical (unpaired) electrons. The number of aldehydes is 1. The Hall–Kier alpha value is -2.04. The lowest BCUT2D eigenvalue weighted by Gasteiger charge is -2.34. The van der Waals surface area contributed by atoms with E-state index >= 15 is 0 Å². The van der Waals surface area contributed by atoms with Crippen molar-refractivity contribution in [3.05, 3.63) is 24.3 Å². The molecule has 1 aromatic carbocycles. The lowest BCUT2D eigenvalue weighted by Crippen LogP contribution is -2.50. The number of urea groups is 1. The van der Waals surface area contributed by atoms with Gasteiger partial charge in [0.1, 0.15) is 12.0 Å². The van der Waals surface area contributed by atoms with Crippen LogP contribution in [0.25, 0.3) is 0 Å². The van der Waals surface area contributed by atoms with Crippen LogP contribution in [-0.2, 0) is 4.79 Å². The van der Waals surface area contributed by atoms with Crippen molar-refractivity contribution in [3.63, 3.8) is 0 Å². The molecule has 0 atom stereocenters. The van der Waals surface area contributed by atoms with Gasteiger partial charge in [0.15, 0.2) is 0 Å². The molecule has 1 saturated heterocycles. The van der Waals surface area contributed by atoms with Gasteiger partial charge >= 0.3 is 6.03 Å². The van der Waals surface area contributed by atoms with Gasteiger partial charge in [0.25, 0.3) is 0 Å². The maximum atomic E-state index is 12.0. The summed E-state index contributed by atoms with van der Waals surface area (Å²) in [6.45, 7) is 1.39. The summed E-state index contributed by atoms with van der Waals surface area (Å²) >= 11 is 0. The molecule has 5 nitrogen and oxygen atoms in total. The SMILES string of the molecule is O=CCN1CCCN(c2ccc(O)cc2)C1=O. The van der Waals surface area contributed by atoms with Crippen molar-refractivity contribution in [2.45, 2.75) is 6.42 Å². The van der Waals surface area contributed by atoms with Crippen LogP contribution in [0.1, 0.15) is 6.42 Å². The number of phenolic OH excluding ortho intramolecular Hbond substituents is 1. The Morgan fingerprint density at radius 2 is 1.94 bits per heavy atom. The van der Waals surface area contributed by atoms with Crippen molar-refractivity contribution < 1.29 is 14.7 Å². The largest absolute Gasteiger partial charge is 0.508 e. The number of carbonyl (C=O) groups excluding carboxylic acids is 2. The first-order valence-electron chi connectivity index (χ1n) is 5.51. The fraction of sp³-hybridized carbons (Fsp3) is 0.333. The third-order valence-corrected chi connectivity index (χ3v) is 2.77. The number of hydrogen-bond acceptors (Lipinski definition) is 3. The zero-order valence-corrected chi connectivity index (χ0v) is 9.37. The van der Waals surface area contributed by atoms with E-state index in [9.17, 15) is 14.7 Å². The lowest BCUT2D eigenvalue weighted by molar-refractivity contribution is -0.108. The topological polar surface area (TPSA) is 60.9 Å².